The number of nitrogens with zero attached hydrogens (tertiary/aromatic N) is 2. The predicted molar refractivity (Wildman–Crippen MR) is 47.9 cm³/mol. The largest absolute Gasteiger partial charge is 0.369 e. The average molecular weight is 163 g/mol. The van der Waals surface area contributed by atoms with Crippen LogP contribution in [0.5, 0.6) is 0 Å². The summed E-state index contributed by atoms with van der Waals surface area (Å²) < 4.78 is 0. The minimum atomic E-state index is 0.887. The van der Waals surface area contributed by atoms with Gasteiger partial charge >= 0.3 is 0 Å². The van der Waals surface area contributed by atoms with Gasteiger partial charge in [-0.25, -0.2) is 4.98 Å². The summed E-state index contributed by atoms with van der Waals surface area (Å²) in [7, 11) is 0. The van der Waals surface area contributed by atoms with E-state index in [-0.39, 0.29) is 0 Å². The molecule has 0 saturated heterocycles. The van der Waals surface area contributed by atoms with Crippen molar-refractivity contribution in [3.63, 3.8) is 0 Å². The molecule has 64 valence electrons. The van der Waals surface area contributed by atoms with E-state index < -0.39 is 0 Å². The monoisotopic (exact) mass is 163 g/mol. The Labute approximate surface area is 72.2 Å². The average Bonchev–Trinajstić information content (AvgIpc) is 2.90. The second-order valence-electron chi connectivity index (χ2n) is 3.25. The van der Waals surface area contributed by atoms with Crippen molar-refractivity contribution in [1.29, 1.82) is 0 Å². The SMILES string of the molecule is c1cnc(NCCC2CC2)cn1. The van der Waals surface area contributed by atoms with E-state index in [1.807, 2.05) is 0 Å². The van der Waals surface area contributed by atoms with Gasteiger partial charge in [0.1, 0.15) is 5.82 Å². The Balaban J connectivity index is 1.72. The molecule has 1 N–H and O–H groups in total. The molecule has 0 radical (unpaired) electrons. The van der Waals surface area contributed by atoms with Gasteiger partial charge in [-0.1, -0.05) is 12.8 Å². The molecule has 2 rings (SSSR count). The third kappa shape index (κ3) is 2.19. The van der Waals surface area contributed by atoms with Crippen LogP contribution in [0.4, 0.5) is 5.82 Å². The summed E-state index contributed by atoms with van der Waals surface area (Å²) in [5.74, 6) is 1.87. The lowest BCUT2D eigenvalue weighted by molar-refractivity contribution is 0.758. The zero-order valence-corrected chi connectivity index (χ0v) is 7.03. The number of anilines is 1. The lowest BCUT2D eigenvalue weighted by Gasteiger charge is -2.02. The van der Waals surface area contributed by atoms with Gasteiger partial charge in [0.2, 0.25) is 0 Å². The fraction of sp³-hybridized carbons (Fsp3) is 0.556. The number of hydrogen-bond acceptors (Lipinski definition) is 3. The predicted octanol–water partition coefficient (Wildman–Crippen LogP) is 1.69. The Bertz CT molecular complexity index is 231. The zero-order valence-electron chi connectivity index (χ0n) is 7.03. The van der Waals surface area contributed by atoms with E-state index in [2.05, 4.69) is 15.3 Å². The number of aromatic nitrogens is 2. The Morgan fingerprint density at radius 3 is 3.00 bits per heavy atom. The molecule has 0 spiro atoms. The molecule has 1 aliphatic carbocycles. The number of hydrogen-bond donors (Lipinski definition) is 1. The Morgan fingerprint density at radius 1 is 1.42 bits per heavy atom. The highest BCUT2D eigenvalue weighted by Gasteiger charge is 2.19. The lowest BCUT2D eigenvalue weighted by atomic mass is 10.3. The highest BCUT2D eigenvalue weighted by molar-refractivity contribution is 5.29. The normalized spacial score (nSPS) is 16.0. The Kier molecular flexibility index (Phi) is 2.21. The Morgan fingerprint density at radius 2 is 2.33 bits per heavy atom. The smallest absolute Gasteiger partial charge is 0.144 e. The van der Waals surface area contributed by atoms with Crippen LogP contribution in [0.15, 0.2) is 18.6 Å². The molecule has 1 aromatic heterocycles. The first-order chi connectivity index (χ1) is 5.95. The molecule has 1 saturated carbocycles. The zero-order chi connectivity index (χ0) is 8.23. The van der Waals surface area contributed by atoms with E-state index in [0.29, 0.717) is 0 Å². The van der Waals surface area contributed by atoms with E-state index >= 15 is 0 Å². The third-order valence-corrected chi connectivity index (χ3v) is 2.12. The quantitative estimate of drug-likeness (QED) is 0.734. The molecule has 0 bridgehead atoms. The standard InChI is InChI=1S/C9H13N3/c1-2-8(1)3-4-11-9-7-10-5-6-12-9/h5-8H,1-4H2,(H,11,12). The molecule has 0 atom stereocenters. The topological polar surface area (TPSA) is 37.8 Å². The number of nitrogens with one attached hydrogen (secondary N) is 1. The van der Waals surface area contributed by atoms with Crippen LogP contribution in [-0.4, -0.2) is 16.5 Å². The van der Waals surface area contributed by atoms with E-state index in [1.165, 1.54) is 19.3 Å². The summed E-state index contributed by atoms with van der Waals surface area (Å²) in [6.07, 6.45) is 9.26. The van der Waals surface area contributed by atoms with Gasteiger partial charge in [0.05, 0.1) is 6.20 Å². The maximum Gasteiger partial charge on any atom is 0.144 e. The molecule has 1 aromatic rings. The van der Waals surface area contributed by atoms with Crippen molar-refractivity contribution in [2.75, 3.05) is 11.9 Å². The van der Waals surface area contributed by atoms with Crippen LogP contribution in [0.3, 0.4) is 0 Å². The van der Waals surface area contributed by atoms with E-state index in [4.69, 9.17) is 0 Å². The fourth-order valence-corrected chi connectivity index (χ4v) is 1.20. The molecule has 1 aliphatic rings. The third-order valence-electron chi connectivity index (χ3n) is 2.12. The van der Waals surface area contributed by atoms with Crippen molar-refractivity contribution in [2.45, 2.75) is 19.3 Å². The maximum atomic E-state index is 4.12. The van der Waals surface area contributed by atoms with Crippen molar-refractivity contribution in [3.8, 4) is 0 Å². The summed E-state index contributed by atoms with van der Waals surface area (Å²) in [5.41, 5.74) is 0. The molecule has 12 heavy (non-hydrogen) atoms. The summed E-state index contributed by atoms with van der Waals surface area (Å²) in [6.45, 7) is 1.03. The van der Waals surface area contributed by atoms with Crippen molar-refractivity contribution < 1.29 is 0 Å². The van der Waals surface area contributed by atoms with Crippen molar-refractivity contribution >= 4 is 5.82 Å². The van der Waals surface area contributed by atoms with Gasteiger partial charge in [0, 0.05) is 18.9 Å². The first-order valence-corrected chi connectivity index (χ1v) is 4.45. The molecule has 0 aliphatic heterocycles. The van der Waals surface area contributed by atoms with Crippen molar-refractivity contribution in [2.24, 2.45) is 5.92 Å². The fourth-order valence-electron chi connectivity index (χ4n) is 1.20. The number of rotatable bonds is 4. The van der Waals surface area contributed by atoms with Gasteiger partial charge in [-0.3, -0.25) is 4.98 Å². The van der Waals surface area contributed by atoms with Crippen LogP contribution in [0.1, 0.15) is 19.3 Å². The van der Waals surface area contributed by atoms with Gasteiger partial charge in [0.15, 0.2) is 0 Å². The summed E-state index contributed by atoms with van der Waals surface area (Å²) in [6, 6.07) is 0. The van der Waals surface area contributed by atoms with E-state index in [1.54, 1.807) is 18.6 Å². The molecule has 0 amide bonds. The van der Waals surface area contributed by atoms with Crippen LogP contribution in [0, 0.1) is 5.92 Å². The summed E-state index contributed by atoms with van der Waals surface area (Å²) in [4.78, 5) is 8.10. The van der Waals surface area contributed by atoms with Gasteiger partial charge in [-0.2, -0.15) is 0 Å². The van der Waals surface area contributed by atoms with Gasteiger partial charge < -0.3 is 5.32 Å². The molecular formula is C9H13N3. The van der Waals surface area contributed by atoms with Crippen molar-refractivity contribution in [1.82, 2.24) is 9.97 Å². The van der Waals surface area contributed by atoms with E-state index in [0.717, 1.165) is 18.3 Å². The minimum absolute atomic E-state index is 0.887. The van der Waals surface area contributed by atoms with Crippen LogP contribution >= 0.6 is 0 Å². The second-order valence-corrected chi connectivity index (χ2v) is 3.25. The lowest BCUT2D eigenvalue weighted by Crippen LogP contribution is -2.03. The minimum Gasteiger partial charge on any atom is -0.369 e. The molecule has 3 nitrogen and oxygen atoms in total. The first kappa shape index (κ1) is 7.53. The van der Waals surface area contributed by atoms with Crippen LogP contribution in [0.25, 0.3) is 0 Å². The highest BCUT2D eigenvalue weighted by Crippen LogP contribution is 2.31. The Hall–Kier alpha value is -1.12. The highest BCUT2D eigenvalue weighted by atomic mass is 15.0. The molecular weight excluding hydrogens is 150 g/mol. The van der Waals surface area contributed by atoms with Gasteiger partial charge in [-0.15, -0.1) is 0 Å². The maximum absolute atomic E-state index is 4.12. The second kappa shape index (κ2) is 3.52. The van der Waals surface area contributed by atoms with Crippen LogP contribution in [-0.2, 0) is 0 Å². The van der Waals surface area contributed by atoms with Gasteiger partial charge in [0.25, 0.3) is 0 Å². The molecule has 0 aromatic carbocycles. The molecule has 0 unspecified atom stereocenters. The van der Waals surface area contributed by atoms with Crippen molar-refractivity contribution in [3.05, 3.63) is 18.6 Å². The first-order valence-electron chi connectivity index (χ1n) is 4.45. The summed E-state index contributed by atoms with van der Waals surface area (Å²) >= 11 is 0. The molecule has 1 heterocycles. The van der Waals surface area contributed by atoms with Crippen LogP contribution in [0.2, 0.25) is 0 Å². The summed E-state index contributed by atoms with van der Waals surface area (Å²) in [5, 5.41) is 3.24. The van der Waals surface area contributed by atoms with Crippen LogP contribution < -0.4 is 5.32 Å². The molecule has 1 fully saturated rings. The molecule has 3 heteroatoms. The van der Waals surface area contributed by atoms with E-state index in [9.17, 15) is 0 Å². The van der Waals surface area contributed by atoms with Gasteiger partial charge in [-0.05, 0) is 12.3 Å².